The van der Waals surface area contributed by atoms with E-state index < -0.39 is 0 Å². The number of carbonyl (C=O) groups excluding carboxylic acids is 2. The summed E-state index contributed by atoms with van der Waals surface area (Å²) in [7, 11) is 0. The van der Waals surface area contributed by atoms with Crippen molar-refractivity contribution in [2.24, 2.45) is 0 Å². The Kier molecular flexibility index (Phi) is 5.85. The molecule has 6 heteroatoms. The molecule has 3 aromatic rings. The first-order valence-electron chi connectivity index (χ1n) is 7.75. The SMILES string of the molecule is O=C(Nc1cccc(Br)c1)c1ccc(C(=O)Nc2cccc(Br)c2)cc1. The summed E-state index contributed by atoms with van der Waals surface area (Å²) >= 11 is 6.73. The first-order chi connectivity index (χ1) is 12.5. The van der Waals surface area contributed by atoms with Gasteiger partial charge in [-0.1, -0.05) is 44.0 Å². The Labute approximate surface area is 167 Å². The fourth-order valence-corrected chi connectivity index (χ4v) is 3.11. The topological polar surface area (TPSA) is 58.2 Å². The molecule has 0 aliphatic rings. The number of carbonyl (C=O) groups is 2. The van der Waals surface area contributed by atoms with Crippen molar-refractivity contribution in [2.75, 3.05) is 10.6 Å². The van der Waals surface area contributed by atoms with E-state index in [-0.39, 0.29) is 11.8 Å². The van der Waals surface area contributed by atoms with Crippen molar-refractivity contribution in [1.82, 2.24) is 0 Å². The van der Waals surface area contributed by atoms with Crippen LogP contribution in [0.25, 0.3) is 0 Å². The Bertz CT molecular complexity index is 878. The fraction of sp³-hybridized carbons (Fsp3) is 0. The lowest BCUT2D eigenvalue weighted by Crippen LogP contribution is -2.14. The quantitative estimate of drug-likeness (QED) is 0.509. The van der Waals surface area contributed by atoms with Crippen LogP contribution in [0.2, 0.25) is 0 Å². The van der Waals surface area contributed by atoms with Crippen LogP contribution in [0.1, 0.15) is 20.7 Å². The highest BCUT2D eigenvalue weighted by Crippen LogP contribution is 2.18. The molecule has 0 radical (unpaired) electrons. The standard InChI is InChI=1S/C20H14Br2N2O2/c21-15-3-1-5-17(11-15)23-19(25)13-7-9-14(10-8-13)20(26)24-18-6-2-4-16(22)12-18/h1-12H,(H,23,25)(H,24,26). The molecule has 0 saturated heterocycles. The number of amides is 2. The molecule has 0 fully saturated rings. The number of benzene rings is 3. The van der Waals surface area contributed by atoms with Crippen LogP contribution in [-0.4, -0.2) is 11.8 Å². The van der Waals surface area contributed by atoms with Crippen LogP contribution < -0.4 is 10.6 Å². The summed E-state index contributed by atoms with van der Waals surface area (Å²) in [6.07, 6.45) is 0. The molecular weight excluding hydrogens is 460 g/mol. The van der Waals surface area contributed by atoms with Crippen LogP contribution >= 0.6 is 31.9 Å². The van der Waals surface area contributed by atoms with Gasteiger partial charge in [-0.15, -0.1) is 0 Å². The van der Waals surface area contributed by atoms with Crippen LogP contribution in [-0.2, 0) is 0 Å². The average Bonchev–Trinajstić information content (AvgIpc) is 2.62. The van der Waals surface area contributed by atoms with Gasteiger partial charge in [0.05, 0.1) is 0 Å². The van der Waals surface area contributed by atoms with E-state index in [1.165, 1.54) is 0 Å². The molecule has 2 N–H and O–H groups in total. The van der Waals surface area contributed by atoms with Crippen molar-refractivity contribution in [3.8, 4) is 0 Å². The summed E-state index contributed by atoms with van der Waals surface area (Å²) in [5.74, 6) is -0.468. The Morgan fingerprint density at radius 2 is 1.00 bits per heavy atom. The second kappa shape index (κ2) is 8.29. The van der Waals surface area contributed by atoms with Crippen LogP contribution in [0.5, 0.6) is 0 Å². The van der Waals surface area contributed by atoms with E-state index in [1.54, 1.807) is 24.3 Å². The lowest BCUT2D eigenvalue weighted by Gasteiger charge is -2.08. The predicted molar refractivity (Wildman–Crippen MR) is 111 cm³/mol. The molecule has 0 bridgehead atoms. The molecule has 3 rings (SSSR count). The Hall–Kier alpha value is -2.44. The molecule has 26 heavy (non-hydrogen) atoms. The number of hydrogen-bond acceptors (Lipinski definition) is 2. The van der Waals surface area contributed by atoms with Gasteiger partial charge in [-0.05, 0) is 60.7 Å². The number of rotatable bonds is 4. The molecule has 0 atom stereocenters. The number of halogens is 2. The molecule has 0 heterocycles. The van der Waals surface area contributed by atoms with Crippen molar-refractivity contribution in [3.05, 3.63) is 92.9 Å². The van der Waals surface area contributed by atoms with Gasteiger partial charge in [-0.2, -0.15) is 0 Å². The third kappa shape index (κ3) is 4.80. The lowest BCUT2D eigenvalue weighted by molar-refractivity contribution is 0.101. The summed E-state index contributed by atoms with van der Waals surface area (Å²) in [6, 6.07) is 21.2. The van der Waals surface area contributed by atoms with Crippen molar-refractivity contribution in [1.29, 1.82) is 0 Å². The highest BCUT2D eigenvalue weighted by Gasteiger charge is 2.10. The van der Waals surface area contributed by atoms with Gasteiger partial charge >= 0.3 is 0 Å². The van der Waals surface area contributed by atoms with E-state index in [4.69, 9.17) is 0 Å². The molecule has 130 valence electrons. The zero-order chi connectivity index (χ0) is 18.5. The smallest absolute Gasteiger partial charge is 0.255 e. The Morgan fingerprint density at radius 1 is 0.615 bits per heavy atom. The highest BCUT2D eigenvalue weighted by molar-refractivity contribution is 9.10. The van der Waals surface area contributed by atoms with Gasteiger partial charge in [0, 0.05) is 31.4 Å². The van der Waals surface area contributed by atoms with Crippen molar-refractivity contribution >= 4 is 55.0 Å². The number of anilines is 2. The average molecular weight is 474 g/mol. The van der Waals surface area contributed by atoms with Gasteiger partial charge in [0.2, 0.25) is 0 Å². The van der Waals surface area contributed by atoms with Crippen LogP contribution in [0, 0.1) is 0 Å². The Morgan fingerprint density at radius 3 is 1.35 bits per heavy atom. The second-order valence-electron chi connectivity index (χ2n) is 5.51. The monoisotopic (exact) mass is 472 g/mol. The van der Waals surface area contributed by atoms with E-state index in [9.17, 15) is 9.59 Å². The molecular formula is C20H14Br2N2O2. The van der Waals surface area contributed by atoms with Crippen molar-refractivity contribution in [3.63, 3.8) is 0 Å². The molecule has 0 saturated carbocycles. The zero-order valence-electron chi connectivity index (χ0n) is 13.5. The molecule has 2 amide bonds. The van der Waals surface area contributed by atoms with Gasteiger partial charge < -0.3 is 10.6 Å². The minimum absolute atomic E-state index is 0.234. The molecule has 0 spiro atoms. The van der Waals surface area contributed by atoms with Crippen molar-refractivity contribution < 1.29 is 9.59 Å². The summed E-state index contributed by atoms with van der Waals surface area (Å²) in [6.45, 7) is 0. The lowest BCUT2D eigenvalue weighted by atomic mass is 10.1. The highest BCUT2D eigenvalue weighted by atomic mass is 79.9. The first-order valence-corrected chi connectivity index (χ1v) is 9.34. The largest absolute Gasteiger partial charge is 0.322 e. The van der Waals surface area contributed by atoms with E-state index in [0.29, 0.717) is 22.5 Å². The van der Waals surface area contributed by atoms with Gasteiger partial charge in [0.1, 0.15) is 0 Å². The fourth-order valence-electron chi connectivity index (χ4n) is 2.31. The van der Waals surface area contributed by atoms with Crippen LogP contribution in [0.15, 0.2) is 81.7 Å². The molecule has 0 aromatic heterocycles. The predicted octanol–water partition coefficient (Wildman–Crippen LogP) is 5.72. The van der Waals surface area contributed by atoms with Gasteiger partial charge in [-0.25, -0.2) is 0 Å². The van der Waals surface area contributed by atoms with Gasteiger partial charge in [-0.3, -0.25) is 9.59 Å². The molecule has 0 aliphatic heterocycles. The maximum atomic E-state index is 12.3. The molecule has 3 aromatic carbocycles. The molecule has 4 nitrogen and oxygen atoms in total. The van der Waals surface area contributed by atoms with Crippen LogP contribution in [0.4, 0.5) is 11.4 Å². The third-order valence-electron chi connectivity index (χ3n) is 3.57. The maximum absolute atomic E-state index is 12.3. The summed E-state index contributed by atoms with van der Waals surface area (Å²) in [5.41, 5.74) is 2.34. The maximum Gasteiger partial charge on any atom is 0.255 e. The first kappa shape index (κ1) is 18.4. The number of nitrogens with one attached hydrogen (secondary N) is 2. The zero-order valence-corrected chi connectivity index (χ0v) is 16.7. The van der Waals surface area contributed by atoms with Crippen molar-refractivity contribution in [2.45, 2.75) is 0 Å². The summed E-state index contributed by atoms with van der Waals surface area (Å²) in [4.78, 5) is 24.6. The van der Waals surface area contributed by atoms with Gasteiger partial charge in [0.15, 0.2) is 0 Å². The molecule has 0 aliphatic carbocycles. The Balaban J connectivity index is 1.67. The minimum atomic E-state index is -0.234. The van der Waals surface area contributed by atoms with E-state index in [0.717, 1.165) is 8.95 Å². The minimum Gasteiger partial charge on any atom is -0.322 e. The number of hydrogen-bond donors (Lipinski definition) is 2. The molecule has 0 unspecified atom stereocenters. The summed E-state index contributed by atoms with van der Waals surface area (Å²) in [5, 5.41) is 5.64. The normalized spacial score (nSPS) is 10.2. The third-order valence-corrected chi connectivity index (χ3v) is 4.56. The van der Waals surface area contributed by atoms with E-state index in [2.05, 4.69) is 42.5 Å². The van der Waals surface area contributed by atoms with E-state index in [1.807, 2.05) is 48.5 Å². The van der Waals surface area contributed by atoms with Crippen LogP contribution in [0.3, 0.4) is 0 Å². The van der Waals surface area contributed by atoms with E-state index >= 15 is 0 Å². The van der Waals surface area contributed by atoms with Gasteiger partial charge in [0.25, 0.3) is 11.8 Å². The summed E-state index contributed by atoms with van der Waals surface area (Å²) < 4.78 is 1.77. The second-order valence-corrected chi connectivity index (χ2v) is 7.34.